The van der Waals surface area contributed by atoms with E-state index >= 15 is 0 Å². The maximum absolute atomic E-state index is 13.2. The molecule has 5 heteroatoms. The number of esters is 1. The van der Waals surface area contributed by atoms with Crippen molar-refractivity contribution < 1.29 is 18.7 Å². The molecule has 0 aromatic heterocycles. The second-order valence-corrected chi connectivity index (χ2v) is 3.48. The Morgan fingerprint density at radius 2 is 2.18 bits per heavy atom. The molecule has 4 nitrogen and oxygen atoms in total. The summed E-state index contributed by atoms with van der Waals surface area (Å²) < 4.78 is 22.7. The molecule has 94 valence electrons. The number of hydrogen-bond donors (Lipinski definition) is 1. The summed E-state index contributed by atoms with van der Waals surface area (Å²) in [4.78, 5) is 11.4. The Morgan fingerprint density at radius 3 is 2.71 bits per heavy atom. The summed E-state index contributed by atoms with van der Waals surface area (Å²) in [6, 6.07) is 3.88. The van der Waals surface area contributed by atoms with E-state index in [4.69, 9.17) is 4.74 Å². The first-order valence-electron chi connectivity index (χ1n) is 5.30. The molecule has 0 spiro atoms. The lowest BCUT2D eigenvalue weighted by molar-refractivity contribution is -0.141. The van der Waals surface area contributed by atoms with Gasteiger partial charge >= 0.3 is 5.97 Å². The molecule has 1 aromatic carbocycles. The Morgan fingerprint density at radius 1 is 1.47 bits per heavy atom. The zero-order chi connectivity index (χ0) is 12.8. The van der Waals surface area contributed by atoms with Gasteiger partial charge in [-0.05, 0) is 18.6 Å². The van der Waals surface area contributed by atoms with Crippen molar-refractivity contribution in [3.05, 3.63) is 24.0 Å². The third-order valence-electron chi connectivity index (χ3n) is 2.39. The molecule has 0 saturated heterocycles. The number of anilines is 1. The van der Waals surface area contributed by atoms with Crippen molar-refractivity contribution in [2.75, 3.05) is 19.5 Å². The molecule has 0 saturated carbocycles. The second kappa shape index (κ2) is 6.08. The van der Waals surface area contributed by atoms with Crippen LogP contribution >= 0.6 is 0 Å². The minimum atomic E-state index is -0.449. The fourth-order valence-corrected chi connectivity index (χ4v) is 1.42. The molecule has 1 unspecified atom stereocenters. The largest absolute Gasteiger partial charge is 0.494 e. The summed E-state index contributed by atoms with van der Waals surface area (Å²) in [5, 5.41) is 2.96. The maximum atomic E-state index is 13.2. The molecular formula is C12H16FNO3. The molecule has 1 rings (SSSR count). The number of rotatable bonds is 5. The highest BCUT2D eigenvalue weighted by atomic mass is 19.1. The highest BCUT2D eigenvalue weighted by Crippen LogP contribution is 2.22. The summed E-state index contributed by atoms with van der Waals surface area (Å²) >= 11 is 0. The van der Waals surface area contributed by atoms with Gasteiger partial charge in [0.2, 0.25) is 0 Å². The Hall–Kier alpha value is -1.78. The van der Waals surface area contributed by atoms with E-state index in [1.54, 1.807) is 6.07 Å². The fraction of sp³-hybridized carbons (Fsp3) is 0.417. The lowest BCUT2D eigenvalue weighted by Gasteiger charge is -2.16. The van der Waals surface area contributed by atoms with Crippen LogP contribution in [0.4, 0.5) is 10.1 Å². The van der Waals surface area contributed by atoms with Crippen LogP contribution in [0.2, 0.25) is 0 Å². The number of nitrogens with one attached hydrogen (secondary N) is 1. The first-order chi connectivity index (χ1) is 8.12. The van der Waals surface area contributed by atoms with Gasteiger partial charge < -0.3 is 14.8 Å². The van der Waals surface area contributed by atoms with Gasteiger partial charge in [0, 0.05) is 11.8 Å². The number of hydrogen-bond acceptors (Lipinski definition) is 4. The minimum Gasteiger partial charge on any atom is -0.494 e. The summed E-state index contributed by atoms with van der Waals surface area (Å²) in [7, 11) is 2.72. The average Bonchev–Trinajstić information content (AvgIpc) is 2.36. The lowest BCUT2D eigenvalue weighted by Crippen LogP contribution is -2.29. The standard InChI is InChI=1S/C12H16FNO3/c1-4-10(12(15)17-3)14-8-5-6-9(13)11(7-8)16-2/h5-7,10,14H,4H2,1-3H3. The van der Waals surface area contributed by atoms with Crippen molar-refractivity contribution in [1.29, 1.82) is 0 Å². The fourth-order valence-electron chi connectivity index (χ4n) is 1.42. The number of carbonyl (C=O) groups excluding carboxylic acids is 1. The zero-order valence-electron chi connectivity index (χ0n) is 10.1. The number of methoxy groups -OCH3 is 2. The molecule has 0 fully saturated rings. The van der Waals surface area contributed by atoms with Crippen LogP contribution in [-0.2, 0) is 9.53 Å². The second-order valence-electron chi connectivity index (χ2n) is 3.48. The van der Waals surface area contributed by atoms with Crippen LogP contribution in [0.5, 0.6) is 5.75 Å². The van der Waals surface area contributed by atoms with Crippen LogP contribution in [0.25, 0.3) is 0 Å². The van der Waals surface area contributed by atoms with E-state index in [9.17, 15) is 9.18 Å². The van der Waals surface area contributed by atoms with E-state index in [-0.39, 0.29) is 11.7 Å². The van der Waals surface area contributed by atoms with Crippen LogP contribution in [0, 0.1) is 5.82 Å². The van der Waals surface area contributed by atoms with Gasteiger partial charge in [0.1, 0.15) is 6.04 Å². The molecule has 0 aliphatic heterocycles. The number of halogens is 1. The number of ether oxygens (including phenoxy) is 2. The smallest absolute Gasteiger partial charge is 0.328 e. The van der Waals surface area contributed by atoms with Gasteiger partial charge in [-0.25, -0.2) is 9.18 Å². The van der Waals surface area contributed by atoms with Crippen molar-refractivity contribution in [2.45, 2.75) is 19.4 Å². The molecule has 1 N–H and O–H groups in total. The molecule has 0 aliphatic carbocycles. The van der Waals surface area contributed by atoms with Crippen molar-refractivity contribution in [3.63, 3.8) is 0 Å². The minimum absolute atomic E-state index is 0.134. The van der Waals surface area contributed by atoms with Gasteiger partial charge in [-0.3, -0.25) is 0 Å². The van der Waals surface area contributed by atoms with E-state index in [2.05, 4.69) is 10.1 Å². The van der Waals surface area contributed by atoms with Gasteiger partial charge in [-0.1, -0.05) is 6.92 Å². The van der Waals surface area contributed by atoms with Gasteiger partial charge in [0.05, 0.1) is 14.2 Å². The summed E-state index contributed by atoms with van der Waals surface area (Å²) in [5.41, 5.74) is 0.612. The Labute approximate surface area is 99.7 Å². The van der Waals surface area contributed by atoms with Gasteiger partial charge in [-0.2, -0.15) is 0 Å². The van der Waals surface area contributed by atoms with Gasteiger partial charge in [0.25, 0.3) is 0 Å². The first kappa shape index (κ1) is 13.3. The van der Waals surface area contributed by atoms with Crippen LogP contribution in [-0.4, -0.2) is 26.2 Å². The highest BCUT2D eigenvalue weighted by molar-refractivity contribution is 5.79. The monoisotopic (exact) mass is 241 g/mol. The predicted molar refractivity (Wildman–Crippen MR) is 62.7 cm³/mol. The molecule has 1 atom stereocenters. The molecule has 1 aromatic rings. The molecule has 17 heavy (non-hydrogen) atoms. The third-order valence-corrected chi connectivity index (χ3v) is 2.39. The van der Waals surface area contributed by atoms with E-state index in [0.717, 1.165) is 0 Å². The maximum Gasteiger partial charge on any atom is 0.328 e. The van der Waals surface area contributed by atoms with Crippen molar-refractivity contribution in [1.82, 2.24) is 0 Å². The van der Waals surface area contributed by atoms with E-state index < -0.39 is 11.9 Å². The number of carbonyl (C=O) groups is 1. The van der Waals surface area contributed by atoms with E-state index in [1.807, 2.05) is 6.92 Å². The van der Waals surface area contributed by atoms with Crippen molar-refractivity contribution >= 4 is 11.7 Å². The zero-order valence-corrected chi connectivity index (χ0v) is 10.1. The SMILES string of the molecule is CCC(Nc1ccc(F)c(OC)c1)C(=O)OC. The van der Waals surface area contributed by atoms with Gasteiger partial charge in [0.15, 0.2) is 11.6 Å². The molecule has 0 bridgehead atoms. The van der Waals surface area contributed by atoms with Crippen molar-refractivity contribution in [3.8, 4) is 5.75 Å². The molecule has 0 heterocycles. The summed E-state index contributed by atoms with van der Waals surface area (Å²) in [6.07, 6.45) is 0.576. The van der Waals surface area contributed by atoms with E-state index in [0.29, 0.717) is 12.1 Å². The normalized spacial score (nSPS) is 11.8. The molecule has 0 radical (unpaired) electrons. The quantitative estimate of drug-likeness (QED) is 0.803. The van der Waals surface area contributed by atoms with Crippen LogP contribution in [0.15, 0.2) is 18.2 Å². The van der Waals surface area contributed by atoms with E-state index in [1.165, 1.54) is 26.4 Å². The Bertz CT molecular complexity index is 395. The predicted octanol–water partition coefficient (Wildman–Crippen LogP) is 2.20. The molecular weight excluding hydrogens is 225 g/mol. The average molecular weight is 241 g/mol. The van der Waals surface area contributed by atoms with Crippen LogP contribution in [0.1, 0.15) is 13.3 Å². The van der Waals surface area contributed by atoms with Gasteiger partial charge in [-0.15, -0.1) is 0 Å². The molecule has 0 amide bonds. The first-order valence-corrected chi connectivity index (χ1v) is 5.30. The lowest BCUT2D eigenvalue weighted by atomic mass is 10.2. The van der Waals surface area contributed by atoms with Crippen LogP contribution < -0.4 is 10.1 Å². The third kappa shape index (κ3) is 3.34. The van der Waals surface area contributed by atoms with Crippen molar-refractivity contribution in [2.24, 2.45) is 0 Å². The van der Waals surface area contributed by atoms with Crippen LogP contribution in [0.3, 0.4) is 0 Å². The number of benzene rings is 1. The highest BCUT2D eigenvalue weighted by Gasteiger charge is 2.17. The molecule has 0 aliphatic rings. The summed E-state index contributed by atoms with van der Waals surface area (Å²) in [5.74, 6) is -0.658. The Balaban J connectivity index is 2.83. The summed E-state index contributed by atoms with van der Waals surface area (Å²) in [6.45, 7) is 1.86. The Kier molecular flexibility index (Phi) is 4.75. The topological polar surface area (TPSA) is 47.6 Å².